The van der Waals surface area contributed by atoms with Gasteiger partial charge in [-0.2, -0.15) is 0 Å². The molecule has 0 fully saturated rings. The van der Waals surface area contributed by atoms with Gasteiger partial charge in [0.2, 0.25) is 0 Å². The third-order valence-electron chi connectivity index (χ3n) is 5.88. The zero-order valence-corrected chi connectivity index (χ0v) is 32.4. The van der Waals surface area contributed by atoms with Crippen LogP contribution >= 0.6 is 15.5 Å². The maximum atomic E-state index is 14.5. The Morgan fingerprint density at radius 1 is 0.381 bits per heavy atom. The van der Waals surface area contributed by atoms with Crippen LogP contribution in [-0.4, -0.2) is 0 Å². The fourth-order valence-electron chi connectivity index (χ4n) is 4.72. The van der Waals surface area contributed by atoms with Crippen molar-refractivity contribution in [3.63, 3.8) is 0 Å². The maximum Gasteiger partial charge on any atom is 1.00 e. The molecule has 216 valence electrons. The molecule has 0 heterocycles. The number of hydrogen-bond acceptors (Lipinski definition) is 6. The van der Waals surface area contributed by atoms with Crippen molar-refractivity contribution in [3.05, 3.63) is 122 Å². The minimum Gasteiger partial charge on any atom is -0.429 e. The van der Waals surface area contributed by atoms with Gasteiger partial charge in [-0.3, -0.25) is 9.13 Å². The minimum absolute atomic E-state index is 0. The molecule has 0 radical (unpaired) electrons. The maximum absolute atomic E-state index is 14.5. The quantitative estimate of drug-likeness (QED) is 0.163. The van der Waals surface area contributed by atoms with Gasteiger partial charge in [-0.25, -0.2) is 0 Å². The summed E-state index contributed by atoms with van der Waals surface area (Å²) in [5.74, 6) is 1.01. The molecule has 0 unspecified atom stereocenters. The monoisotopic (exact) mass is 677 g/mol. The molecule has 4 rings (SSSR count). The first-order chi connectivity index (χ1) is 19.2. The van der Waals surface area contributed by atoms with Crippen LogP contribution in [0.4, 0.5) is 0 Å². The molecular formula is C32H36NO6P2Rb. The molecule has 0 aromatic heterocycles. The molecule has 0 saturated carbocycles. The SMILES string of the molecule is Cc1cc(C)cc(OP(=O)([N-]P(=O)(Oc2cc(C)cc(C)c2)Oc2cc(C)cc(C)c2)Oc2cc(C)cc(C)c2)c1.[Rb+]. The van der Waals surface area contributed by atoms with Crippen LogP contribution < -0.4 is 76.3 Å². The van der Waals surface area contributed by atoms with Crippen molar-refractivity contribution >= 4 is 15.5 Å². The van der Waals surface area contributed by atoms with Gasteiger partial charge >= 0.3 is 73.7 Å². The smallest absolute Gasteiger partial charge is 0.429 e. The normalized spacial score (nSPS) is 11.4. The van der Waals surface area contributed by atoms with Crippen LogP contribution in [0.2, 0.25) is 0 Å². The second-order valence-electron chi connectivity index (χ2n) is 10.7. The molecular weight excluding hydrogens is 642 g/mol. The predicted molar refractivity (Wildman–Crippen MR) is 165 cm³/mol. The summed E-state index contributed by atoms with van der Waals surface area (Å²) in [6, 6.07) is 21.5. The Morgan fingerprint density at radius 2 is 0.548 bits per heavy atom. The molecule has 0 bridgehead atoms. The molecule has 0 N–H and O–H groups in total. The van der Waals surface area contributed by atoms with Crippen LogP contribution in [-0.2, 0) is 9.13 Å². The third kappa shape index (κ3) is 10.2. The van der Waals surface area contributed by atoms with E-state index >= 15 is 0 Å². The first-order valence-corrected chi connectivity index (χ1v) is 16.2. The van der Waals surface area contributed by atoms with E-state index in [1.54, 1.807) is 48.5 Å². The Morgan fingerprint density at radius 3 is 0.714 bits per heavy atom. The summed E-state index contributed by atoms with van der Waals surface area (Å²) in [6.45, 7) is 15.1. The molecule has 0 aliphatic carbocycles. The van der Waals surface area contributed by atoms with Crippen molar-refractivity contribution in [1.82, 2.24) is 0 Å². The standard InChI is InChI=1S/C32H36NO6P2.Rb/c1-21-9-22(2)14-29(13-21)36-40(34,37-30-15-23(3)10-24(4)16-30)33-41(35,38-31-17-25(5)11-26(6)18-31)39-32-19-27(7)12-28(8)20-32;/h9-20H,1-8H3;/q-1;+1. The van der Waals surface area contributed by atoms with E-state index < -0.39 is 15.5 Å². The van der Waals surface area contributed by atoms with Crippen molar-refractivity contribution in [2.75, 3.05) is 0 Å². The fourth-order valence-corrected chi connectivity index (χ4v) is 7.94. The Bertz CT molecular complexity index is 1370. The van der Waals surface area contributed by atoms with E-state index in [0.717, 1.165) is 44.5 Å². The summed E-state index contributed by atoms with van der Waals surface area (Å²) in [4.78, 5) is 4.18. The van der Waals surface area contributed by atoms with Crippen LogP contribution in [0.15, 0.2) is 72.8 Å². The average Bonchev–Trinajstić information content (AvgIpc) is 2.75. The number of benzene rings is 4. The molecule has 4 aromatic rings. The van der Waals surface area contributed by atoms with E-state index in [2.05, 4.69) is 4.86 Å². The van der Waals surface area contributed by atoms with Crippen LogP contribution in [0, 0.1) is 55.4 Å². The number of nitrogens with zero attached hydrogens (tertiary/aromatic N) is 1. The van der Waals surface area contributed by atoms with Gasteiger partial charge in [0, 0.05) is 0 Å². The zero-order valence-electron chi connectivity index (χ0n) is 25.7. The topological polar surface area (TPSA) is 85.2 Å². The van der Waals surface area contributed by atoms with Crippen molar-refractivity contribution in [2.24, 2.45) is 0 Å². The molecule has 0 saturated heterocycles. The van der Waals surface area contributed by atoms with Gasteiger partial charge < -0.3 is 23.0 Å². The molecule has 0 spiro atoms. The van der Waals surface area contributed by atoms with E-state index in [9.17, 15) is 9.13 Å². The summed E-state index contributed by atoms with van der Waals surface area (Å²) in [5.41, 5.74) is 7.10. The molecule has 42 heavy (non-hydrogen) atoms. The Balaban J connectivity index is 0.00000484. The first kappa shape index (κ1) is 34.8. The minimum atomic E-state index is -4.57. The summed E-state index contributed by atoms with van der Waals surface area (Å²) in [5, 5.41) is 0. The van der Waals surface area contributed by atoms with Crippen LogP contribution in [0.5, 0.6) is 23.0 Å². The van der Waals surface area contributed by atoms with E-state index in [-0.39, 0.29) is 81.2 Å². The van der Waals surface area contributed by atoms with Crippen molar-refractivity contribution in [3.8, 4) is 23.0 Å². The van der Waals surface area contributed by atoms with Gasteiger partial charge in [0.25, 0.3) is 0 Å². The van der Waals surface area contributed by atoms with E-state index in [1.807, 2.05) is 79.7 Å². The van der Waals surface area contributed by atoms with Gasteiger partial charge in [0.15, 0.2) is 0 Å². The Kier molecular flexibility index (Phi) is 11.9. The van der Waals surface area contributed by atoms with Gasteiger partial charge in [-0.15, -0.1) is 0 Å². The van der Waals surface area contributed by atoms with Crippen LogP contribution in [0.25, 0.3) is 4.86 Å². The van der Waals surface area contributed by atoms with E-state index in [4.69, 9.17) is 18.1 Å². The van der Waals surface area contributed by atoms with Crippen molar-refractivity contribution in [2.45, 2.75) is 55.4 Å². The fraction of sp³-hybridized carbons (Fsp3) is 0.250. The Labute approximate surface area is 298 Å². The molecule has 0 aliphatic heterocycles. The van der Waals surface area contributed by atoms with Crippen LogP contribution in [0.3, 0.4) is 0 Å². The summed E-state index contributed by atoms with van der Waals surface area (Å²) < 4.78 is 52.8. The first-order valence-electron chi connectivity index (χ1n) is 13.2. The van der Waals surface area contributed by atoms with Gasteiger partial charge in [-0.05, 0) is 148 Å². The van der Waals surface area contributed by atoms with Gasteiger partial charge in [-0.1, -0.05) is 24.3 Å². The molecule has 0 atom stereocenters. The molecule has 7 nitrogen and oxygen atoms in total. The van der Waals surface area contributed by atoms with Crippen LogP contribution in [0.1, 0.15) is 44.5 Å². The average molecular weight is 678 g/mol. The third-order valence-corrected chi connectivity index (χ3v) is 9.40. The van der Waals surface area contributed by atoms with Gasteiger partial charge in [0.05, 0.1) is 0 Å². The molecule has 0 amide bonds. The second-order valence-corrected chi connectivity index (χ2v) is 14.0. The second kappa shape index (κ2) is 14.4. The zero-order chi connectivity index (χ0) is 29.9. The summed E-state index contributed by atoms with van der Waals surface area (Å²) in [7, 11) is -9.15. The van der Waals surface area contributed by atoms with Gasteiger partial charge in [0.1, 0.15) is 23.0 Å². The molecule has 0 aliphatic rings. The van der Waals surface area contributed by atoms with E-state index in [0.29, 0.717) is 0 Å². The summed E-state index contributed by atoms with van der Waals surface area (Å²) >= 11 is 0. The van der Waals surface area contributed by atoms with Crippen molar-refractivity contribution in [1.29, 1.82) is 0 Å². The van der Waals surface area contributed by atoms with E-state index in [1.165, 1.54) is 0 Å². The molecule has 10 heteroatoms. The number of aryl methyl sites for hydroxylation is 8. The number of rotatable bonds is 10. The summed E-state index contributed by atoms with van der Waals surface area (Å²) in [6.07, 6.45) is 0. The number of hydrogen-bond donors (Lipinski definition) is 0. The largest absolute Gasteiger partial charge is 1.00 e. The Hall–Kier alpha value is -1.69. The predicted octanol–water partition coefficient (Wildman–Crippen LogP) is 7.36. The molecule has 4 aromatic carbocycles. The van der Waals surface area contributed by atoms with Crippen molar-refractivity contribution < 1.29 is 85.4 Å².